The van der Waals surface area contributed by atoms with Gasteiger partial charge in [-0.25, -0.2) is 8.96 Å². The molecule has 0 aromatic heterocycles. The van der Waals surface area contributed by atoms with E-state index in [2.05, 4.69) is 23.6 Å². The number of rotatable bonds is 11. The zero-order valence-electron chi connectivity index (χ0n) is 20.7. The predicted octanol–water partition coefficient (Wildman–Crippen LogP) is 2.52. The van der Waals surface area contributed by atoms with E-state index < -0.39 is 62.5 Å². The number of para-hydroxylation sites is 1. The number of nitrogens with zero attached hydrogens (tertiary/aromatic N) is 1. The van der Waals surface area contributed by atoms with Crippen molar-refractivity contribution in [3.63, 3.8) is 0 Å². The fourth-order valence-electron chi connectivity index (χ4n) is 3.59. The van der Waals surface area contributed by atoms with E-state index in [0.29, 0.717) is 0 Å². The lowest BCUT2D eigenvalue weighted by Crippen LogP contribution is -2.45. The summed E-state index contributed by atoms with van der Waals surface area (Å²) in [5, 5.41) is 15.7. The zero-order valence-corrected chi connectivity index (χ0v) is 21.6. The highest BCUT2D eigenvalue weighted by molar-refractivity contribution is 7.52. The summed E-state index contributed by atoms with van der Waals surface area (Å²) in [7, 11) is -4.34. The minimum absolute atomic E-state index is 0.0327. The van der Waals surface area contributed by atoms with Crippen molar-refractivity contribution in [1.82, 2.24) is 15.3 Å². The maximum absolute atomic E-state index is 15.2. The number of ether oxygens (including phenoxy) is 2. The third-order valence-electron chi connectivity index (χ3n) is 5.49. The number of aliphatic hydroxyl groups is 1. The first-order valence-corrected chi connectivity index (χ1v) is 13.0. The Balaban J connectivity index is 1.83. The zero-order chi connectivity index (χ0) is 27.4. The lowest BCUT2D eigenvalue weighted by Gasteiger charge is -2.34. The van der Waals surface area contributed by atoms with Crippen molar-refractivity contribution in [3.8, 4) is 5.75 Å². The third-order valence-corrected chi connectivity index (χ3v) is 7.11. The Labute approximate surface area is 214 Å². The van der Waals surface area contributed by atoms with Crippen LogP contribution >= 0.6 is 7.75 Å². The first-order chi connectivity index (χ1) is 17.4. The predicted molar refractivity (Wildman–Crippen MR) is 131 cm³/mol. The number of amides is 1. The number of carbonyl (C=O) groups excluding carboxylic acids is 2. The number of esters is 1. The molecule has 13 heteroatoms. The molecule has 1 saturated heterocycles. The first kappa shape index (κ1) is 28.5. The third kappa shape index (κ3) is 6.65. The Bertz CT molecular complexity index is 1100. The van der Waals surface area contributed by atoms with Crippen molar-refractivity contribution in [2.24, 2.45) is 0 Å². The van der Waals surface area contributed by atoms with Crippen LogP contribution in [0.25, 0.3) is 0 Å². The molecular formula is C24H31FN3O8P. The number of nitrogens with one attached hydrogen (secondary N) is 2. The molecular weight excluding hydrogens is 508 g/mol. The normalized spacial score (nSPS) is 27.9. The molecule has 0 spiro atoms. The minimum Gasteiger partial charge on any atom is -0.462 e. The van der Waals surface area contributed by atoms with Crippen LogP contribution in [0.4, 0.5) is 4.39 Å². The van der Waals surface area contributed by atoms with Crippen LogP contribution in [0.1, 0.15) is 20.8 Å². The Kier molecular flexibility index (Phi) is 8.93. The lowest BCUT2D eigenvalue weighted by molar-refractivity contribution is -0.149. The number of benzene rings is 1. The highest BCUT2D eigenvalue weighted by atomic mass is 31.2. The van der Waals surface area contributed by atoms with Crippen LogP contribution in [0.3, 0.4) is 0 Å². The maximum Gasteiger partial charge on any atom is 0.459 e. The summed E-state index contributed by atoms with van der Waals surface area (Å²) in [6, 6.07) is 6.93. The fraction of sp³-hybridized carbons (Fsp3) is 0.417. The molecule has 6 atom stereocenters. The number of aliphatic hydroxyl groups excluding tert-OH is 1. The smallest absolute Gasteiger partial charge is 0.459 e. The standard InChI is InChI=1S/C24H31FN3O8P/c1-6-24(21(30)20(25)22(35-24)28-13-12-19(29)26-17(28)5)14-33-37(32,36-18-10-8-7-9-11-18)27-16(4)23(31)34-15(2)3/h6-13,15-16,20-22,30H,1,5,14H2,2-4H3,(H,26,29)(H,27,32)/t16?,20-,21+,22-,24-,37?/m1/s1. The average Bonchev–Trinajstić information content (AvgIpc) is 3.08. The molecule has 0 radical (unpaired) electrons. The summed E-state index contributed by atoms with van der Waals surface area (Å²) in [4.78, 5) is 25.1. The van der Waals surface area contributed by atoms with Gasteiger partial charge in [-0.05, 0) is 32.9 Å². The summed E-state index contributed by atoms with van der Waals surface area (Å²) in [6.07, 6.45) is -2.10. The van der Waals surface area contributed by atoms with Crippen molar-refractivity contribution >= 4 is 19.6 Å². The Morgan fingerprint density at radius 3 is 2.65 bits per heavy atom. The second kappa shape index (κ2) is 11.6. The number of hydrogen-bond acceptors (Lipinski definition) is 9. The van der Waals surface area contributed by atoms with E-state index in [9.17, 15) is 19.3 Å². The van der Waals surface area contributed by atoms with Crippen LogP contribution in [-0.2, 0) is 28.2 Å². The van der Waals surface area contributed by atoms with Gasteiger partial charge in [-0.3, -0.25) is 14.1 Å². The van der Waals surface area contributed by atoms with Gasteiger partial charge in [0.2, 0.25) is 0 Å². The monoisotopic (exact) mass is 539 g/mol. The molecule has 0 saturated carbocycles. The summed E-state index contributed by atoms with van der Waals surface area (Å²) in [5.41, 5.74) is -1.88. The fourth-order valence-corrected chi connectivity index (χ4v) is 5.12. The van der Waals surface area contributed by atoms with E-state index in [-0.39, 0.29) is 11.6 Å². The molecule has 202 valence electrons. The van der Waals surface area contributed by atoms with E-state index in [1.54, 1.807) is 32.0 Å². The van der Waals surface area contributed by atoms with E-state index in [0.717, 1.165) is 12.2 Å². The van der Waals surface area contributed by atoms with Crippen molar-refractivity contribution in [2.75, 3.05) is 6.61 Å². The van der Waals surface area contributed by atoms with E-state index in [1.165, 1.54) is 30.2 Å². The topological polar surface area (TPSA) is 136 Å². The molecule has 2 unspecified atom stereocenters. The van der Waals surface area contributed by atoms with Crippen molar-refractivity contribution in [1.29, 1.82) is 0 Å². The number of halogens is 1. The van der Waals surface area contributed by atoms with E-state index >= 15 is 4.39 Å². The summed E-state index contributed by atoms with van der Waals surface area (Å²) in [5.74, 6) is -0.962. The molecule has 3 N–H and O–H groups in total. The first-order valence-electron chi connectivity index (χ1n) is 11.5. The van der Waals surface area contributed by atoms with Crippen LogP contribution in [0.15, 0.2) is 67.7 Å². The van der Waals surface area contributed by atoms with Gasteiger partial charge in [0.15, 0.2) is 12.4 Å². The van der Waals surface area contributed by atoms with E-state index in [1.807, 2.05) is 0 Å². The van der Waals surface area contributed by atoms with Crippen molar-refractivity contribution in [2.45, 2.75) is 57.0 Å². The van der Waals surface area contributed by atoms with Crippen LogP contribution < -0.4 is 14.9 Å². The van der Waals surface area contributed by atoms with Gasteiger partial charge in [0.25, 0.3) is 5.91 Å². The summed E-state index contributed by atoms with van der Waals surface area (Å²) < 4.78 is 51.1. The van der Waals surface area contributed by atoms with Gasteiger partial charge in [0.05, 0.1) is 12.7 Å². The Morgan fingerprint density at radius 2 is 2.05 bits per heavy atom. The van der Waals surface area contributed by atoms with Gasteiger partial charge in [-0.2, -0.15) is 5.09 Å². The maximum atomic E-state index is 15.2. The molecule has 1 aromatic carbocycles. The van der Waals surface area contributed by atoms with Gasteiger partial charge in [-0.1, -0.05) is 30.9 Å². The quantitative estimate of drug-likeness (QED) is 0.219. The molecule has 2 aliphatic heterocycles. The minimum atomic E-state index is -4.34. The Hall–Kier alpha value is -3.02. The van der Waals surface area contributed by atoms with Crippen LogP contribution in [0, 0.1) is 0 Å². The molecule has 1 amide bonds. The lowest BCUT2D eigenvalue weighted by atomic mass is 9.97. The average molecular weight is 539 g/mol. The highest BCUT2D eigenvalue weighted by Crippen LogP contribution is 2.48. The molecule has 2 heterocycles. The molecule has 1 fully saturated rings. The van der Waals surface area contributed by atoms with Gasteiger partial charge in [0.1, 0.15) is 29.3 Å². The second-order valence-corrected chi connectivity index (χ2v) is 10.4. The molecule has 37 heavy (non-hydrogen) atoms. The van der Waals surface area contributed by atoms with Crippen LogP contribution in [0.5, 0.6) is 5.75 Å². The van der Waals surface area contributed by atoms with E-state index in [4.69, 9.17) is 18.5 Å². The summed E-state index contributed by atoms with van der Waals surface area (Å²) >= 11 is 0. The SMILES string of the molecule is C=C[C@]1(COP(=O)(NC(C)C(=O)OC(C)C)Oc2ccccc2)O[C@@H](N2C=CC(=O)NC2=C)[C@H](F)[C@@H]1O. The van der Waals surface area contributed by atoms with Gasteiger partial charge < -0.3 is 29.3 Å². The molecule has 0 aliphatic carbocycles. The highest BCUT2D eigenvalue weighted by Gasteiger charge is 2.57. The van der Waals surface area contributed by atoms with Crippen LogP contribution in [-0.4, -0.2) is 64.7 Å². The molecule has 0 bridgehead atoms. The largest absolute Gasteiger partial charge is 0.462 e. The Morgan fingerprint density at radius 1 is 1.38 bits per heavy atom. The number of alkyl halides is 1. The van der Waals surface area contributed by atoms with Gasteiger partial charge >= 0.3 is 13.7 Å². The molecule has 1 aromatic rings. The number of hydrogen-bond donors (Lipinski definition) is 3. The van der Waals surface area contributed by atoms with Gasteiger partial charge in [-0.15, -0.1) is 6.58 Å². The summed E-state index contributed by atoms with van der Waals surface area (Å²) in [6.45, 7) is 11.4. The molecule has 11 nitrogen and oxygen atoms in total. The molecule has 2 aliphatic rings. The van der Waals surface area contributed by atoms with Gasteiger partial charge in [0, 0.05) is 12.3 Å². The number of carbonyl (C=O) groups is 2. The molecule has 3 rings (SSSR count). The second-order valence-electron chi connectivity index (χ2n) is 8.73. The van der Waals surface area contributed by atoms with Crippen molar-refractivity contribution in [3.05, 3.63) is 67.7 Å². The van der Waals surface area contributed by atoms with Crippen LogP contribution in [0.2, 0.25) is 0 Å². The van der Waals surface area contributed by atoms with Crippen molar-refractivity contribution < 1.29 is 42.2 Å².